The molecule has 0 bridgehead atoms. The van der Waals surface area contributed by atoms with E-state index in [0.29, 0.717) is 12.6 Å². The summed E-state index contributed by atoms with van der Waals surface area (Å²) < 4.78 is 6.11. The summed E-state index contributed by atoms with van der Waals surface area (Å²) >= 11 is 0. The topological polar surface area (TPSA) is 48.1 Å². The van der Waals surface area contributed by atoms with Crippen molar-refractivity contribution in [2.75, 3.05) is 0 Å². The van der Waals surface area contributed by atoms with E-state index in [9.17, 15) is 0 Å². The number of hydrogen-bond acceptors (Lipinski definition) is 3. The molecule has 2 atom stereocenters. The molecule has 1 aromatic heterocycles. The van der Waals surface area contributed by atoms with Crippen LogP contribution in [-0.2, 0) is 6.54 Å². The maximum absolute atomic E-state index is 6.11. The van der Waals surface area contributed by atoms with Gasteiger partial charge < -0.3 is 10.5 Å². The van der Waals surface area contributed by atoms with E-state index >= 15 is 0 Å². The number of ether oxygens (including phenoxy) is 1. The smallest absolute Gasteiger partial charge is 0.127 e. The van der Waals surface area contributed by atoms with Crippen LogP contribution in [0.25, 0.3) is 0 Å². The lowest BCUT2D eigenvalue weighted by Crippen LogP contribution is -2.24. The molecule has 3 nitrogen and oxygen atoms in total. The average Bonchev–Trinajstić information content (AvgIpc) is 2.29. The molecule has 0 radical (unpaired) electrons. The Morgan fingerprint density at radius 2 is 2.29 bits per heavy atom. The van der Waals surface area contributed by atoms with E-state index in [2.05, 4.69) is 11.9 Å². The maximum Gasteiger partial charge on any atom is 0.127 e. The molecule has 94 valence electrons. The fourth-order valence-corrected chi connectivity index (χ4v) is 2.49. The number of nitrogens with zero attached hydrogens (tertiary/aromatic N) is 1. The molecular formula is C14H22N2O. The second kappa shape index (κ2) is 5.50. The molecular weight excluding hydrogens is 212 g/mol. The fourth-order valence-electron chi connectivity index (χ4n) is 2.49. The van der Waals surface area contributed by atoms with Gasteiger partial charge in [-0.15, -0.1) is 0 Å². The first-order chi connectivity index (χ1) is 8.19. The van der Waals surface area contributed by atoms with Crippen LogP contribution < -0.4 is 10.5 Å². The summed E-state index contributed by atoms with van der Waals surface area (Å²) in [6.45, 7) is 4.78. The van der Waals surface area contributed by atoms with Gasteiger partial charge in [0.25, 0.3) is 0 Å². The Morgan fingerprint density at radius 1 is 1.47 bits per heavy atom. The molecule has 1 fully saturated rings. The van der Waals surface area contributed by atoms with Gasteiger partial charge in [0.15, 0.2) is 0 Å². The van der Waals surface area contributed by atoms with Gasteiger partial charge in [-0.3, -0.25) is 4.98 Å². The second-order valence-electron chi connectivity index (χ2n) is 5.15. The van der Waals surface area contributed by atoms with Crippen molar-refractivity contribution in [3.8, 4) is 5.75 Å². The van der Waals surface area contributed by atoms with E-state index in [4.69, 9.17) is 10.5 Å². The van der Waals surface area contributed by atoms with Crippen LogP contribution in [0.3, 0.4) is 0 Å². The number of nitrogens with two attached hydrogens (primary N) is 1. The van der Waals surface area contributed by atoms with Gasteiger partial charge in [-0.2, -0.15) is 0 Å². The highest BCUT2D eigenvalue weighted by Crippen LogP contribution is 2.28. The lowest BCUT2D eigenvalue weighted by atomic mass is 9.88. The lowest BCUT2D eigenvalue weighted by molar-refractivity contribution is 0.128. The second-order valence-corrected chi connectivity index (χ2v) is 5.15. The summed E-state index contributed by atoms with van der Waals surface area (Å²) in [5, 5.41) is 0. The van der Waals surface area contributed by atoms with Gasteiger partial charge in [0, 0.05) is 30.1 Å². The molecule has 1 aliphatic carbocycles. The predicted molar refractivity (Wildman–Crippen MR) is 68.9 cm³/mol. The third-order valence-corrected chi connectivity index (χ3v) is 3.48. The highest BCUT2D eigenvalue weighted by Gasteiger charge is 2.21. The molecule has 0 aliphatic heterocycles. The number of hydrogen-bond donors (Lipinski definition) is 1. The quantitative estimate of drug-likeness (QED) is 0.874. The van der Waals surface area contributed by atoms with Crippen molar-refractivity contribution in [3.63, 3.8) is 0 Å². The Morgan fingerprint density at radius 3 is 3.00 bits per heavy atom. The summed E-state index contributed by atoms with van der Waals surface area (Å²) in [6, 6.07) is 2.00. The minimum Gasteiger partial charge on any atom is -0.490 e. The molecule has 0 amide bonds. The molecule has 17 heavy (non-hydrogen) atoms. The van der Waals surface area contributed by atoms with Crippen LogP contribution in [0, 0.1) is 12.8 Å². The Balaban J connectivity index is 2.08. The van der Waals surface area contributed by atoms with Gasteiger partial charge in [-0.1, -0.05) is 13.3 Å². The maximum atomic E-state index is 6.11. The SMILES string of the molecule is Cc1cc(OC2CCCC(C)C2)c(CN)cn1. The largest absolute Gasteiger partial charge is 0.490 e. The lowest BCUT2D eigenvalue weighted by Gasteiger charge is -2.28. The molecule has 0 spiro atoms. The third kappa shape index (κ3) is 3.19. The molecule has 1 heterocycles. The summed E-state index contributed by atoms with van der Waals surface area (Å²) in [6.07, 6.45) is 7.11. The summed E-state index contributed by atoms with van der Waals surface area (Å²) in [5.74, 6) is 1.71. The first-order valence-corrected chi connectivity index (χ1v) is 6.51. The van der Waals surface area contributed by atoms with E-state index in [-0.39, 0.29) is 0 Å². The minimum absolute atomic E-state index is 0.353. The minimum atomic E-state index is 0.353. The molecule has 1 aliphatic rings. The van der Waals surface area contributed by atoms with E-state index < -0.39 is 0 Å². The summed E-state index contributed by atoms with van der Waals surface area (Å²) in [7, 11) is 0. The van der Waals surface area contributed by atoms with Gasteiger partial charge in [0.1, 0.15) is 5.75 Å². The first kappa shape index (κ1) is 12.4. The summed E-state index contributed by atoms with van der Waals surface area (Å²) in [5.41, 5.74) is 7.71. The zero-order valence-electron chi connectivity index (χ0n) is 10.8. The zero-order valence-corrected chi connectivity index (χ0v) is 10.8. The zero-order chi connectivity index (χ0) is 12.3. The summed E-state index contributed by atoms with van der Waals surface area (Å²) in [4.78, 5) is 4.26. The van der Waals surface area contributed by atoms with Crippen LogP contribution >= 0.6 is 0 Å². The normalized spacial score (nSPS) is 24.6. The Kier molecular flexibility index (Phi) is 4.00. The van der Waals surface area contributed by atoms with Crippen molar-refractivity contribution < 1.29 is 4.74 Å². The highest BCUT2D eigenvalue weighted by molar-refractivity contribution is 5.32. The van der Waals surface area contributed by atoms with Crippen LogP contribution in [0.1, 0.15) is 43.9 Å². The van der Waals surface area contributed by atoms with E-state index in [1.807, 2.05) is 19.2 Å². The molecule has 2 unspecified atom stereocenters. The third-order valence-electron chi connectivity index (χ3n) is 3.48. The first-order valence-electron chi connectivity index (χ1n) is 6.51. The van der Waals surface area contributed by atoms with Crippen LogP contribution in [0.4, 0.5) is 0 Å². The number of aryl methyl sites for hydroxylation is 1. The van der Waals surface area contributed by atoms with E-state index in [1.54, 1.807) is 0 Å². The van der Waals surface area contributed by atoms with Crippen molar-refractivity contribution in [2.45, 2.75) is 52.2 Å². The van der Waals surface area contributed by atoms with Crippen molar-refractivity contribution in [2.24, 2.45) is 11.7 Å². The molecule has 2 rings (SSSR count). The van der Waals surface area contributed by atoms with Crippen molar-refractivity contribution in [1.29, 1.82) is 0 Å². The standard InChI is InChI=1S/C14H22N2O/c1-10-4-3-5-13(6-10)17-14-7-11(2)16-9-12(14)8-15/h7,9-10,13H,3-6,8,15H2,1-2H3. The molecule has 0 aromatic carbocycles. The van der Waals surface area contributed by atoms with Crippen LogP contribution in [-0.4, -0.2) is 11.1 Å². The van der Waals surface area contributed by atoms with Gasteiger partial charge in [0.05, 0.1) is 6.10 Å². The van der Waals surface area contributed by atoms with Gasteiger partial charge in [-0.05, 0) is 32.1 Å². The predicted octanol–water partition coefficient (Wildman–Crippen LogP) is 2.81. The number of pyridine rings is 1. The van der Waals surface area contributed by atoms with Crippen molar-refractivity contribution in [3.05, 3.63) is 23.5 Å². The monoisotopic (exact) mass is 234 g/mol. The van der Waals surface area contributed by atoms with Crippen LogP contribution in [0.15, 0.2) is 12.3 Å². The fraction of sp³-hybridized carbons (Fsp3) is 0.643. The van der Waals surface area contributed by atoms with Crippen molar-refractivity contribution >= 4 is 0 Å². The highest BCUT2D eigenvalue weighted by atomic mass is 16.5. The average molecular weight is 234 g/mol. The molecule has 1 saturated carbocycles. The van der Waals surface area contributed by atoms with Gasteiger partial charge in [-0.25, -0.2) is 0 Å². The molecule has 1 aromatic rings. The molecule has 2 N–H and O–H groups in total. The number of aromatic nitrogens is 1. The van der Waals surface area contributed by atoms with E-state index in [1.165, 1.54) is 12.8 Å². The molecule has 3 heteroatoms. The van der Waals surface area contributed by atoms with E-state index in [0.717, 1.165) is 35.8 Å². The number of rotatable bonds is 3. The van der Waals surface area contributed by atoms with Crippen LogP contribution in [0.5, 0.6) is 5.75 Å². The van der Waals surface area contributed by atoms with Gasteiger partial charge in [0.2, 0.25) is 0 Å². The Hall–Kier alpha value is -1.09. The Labute approximate surface area is 103 Å². The molecule has 0 saturated heterocycles. The van der Waals surface area contributed by atoms with Crippen LogP contribution in [0.2, 0.25) is 0 Å². The Bertz CT molecular complexity index is 378. The van der Waals surface area contributed by atoms with Gasteiger partial charge >= 0.3 is 0 Å². The van der Waals surface area contributed by atoms with Crippen molar-refractivity contribution in [1.82, 2.24) is 4.98 Å².